The van der Waals surface area contributed by atoms with E-state index in [1.807, 2.05) is 6.92 Å². The number of aliphatic hydroxyl groups is 1. The van der Waals surface area contributed by atoms with Gasteiger partial charge in [-0.05, 0) is 56.5 Å². The van der Waals surface area contributed by atoms with Crippen molar-refractivity contribution in [1.82, 2.24) is 5.32 Å². The van der Waals surface area contributed by atoms with Crippen LogP contribution in [0, 0.1) is 5.92 Å². The Hall–Kier alpha value is -4.23. The van der Waals surface area contributed by atoms with Gasteiger partial charge in [-0.15, -0.1) is 0 Å². The zero-order chi connectivity index (χ0) is 32.7. The molecule has 12 nitrogen and oxygen atoms in total. The van der Waals surface area contributed by atoms with Crippen LogP contribution in [0.4, 0.5) is 11.4 Å². The smallest absolute Gasteiger partial charge is 0.286 e. The topological polar surface area (TPSA) is 172 Å². The Morgan fingerprint density at radius 2 is 1.76 bits per heavy atom. The van der Waals surface area contributed by atoms with Gasteiger partial charge in [-0.3, -0.25) is 14.4 Å². The fourth-order valence-electron chi connectivity index (χ4n) is 5.25. The number of carbonyl (C=O) groups excluding carboxylic acids is 2. The van der Waals surface area contributed by atoms with Gasteiger partial charge in [0.2, 0.25) is 12.2 Å². The molecule has 3 atom stereocenters. The summed E-state index contributed by atoms with van der Waals surface area (Å²) in [5.41, 5.74) is 7.61. The standard InChI is InChI=1S/C34H43N3O9/c1-2-44-34-23(14-17-42-19-20-43-18-16-38)25(26-22-45-29-12-6-3-9-24(29)32(26)40)21-30(46-34)33(41)36-15-8-7-13-31(39)37-28-11-5-4-10-27(28)35/h3-6,9-12,21-23,25,34,38H,2,7-8,13-20,35H2,1H3,(H,36,41)(H,37,39). The van der Waals surface area contributed by atoms with Gasteiger partial charge >= 0.3 is 0 Å². The number of benzene rings is 2. The van der Waals surface area contributed by atoms with Crippen molar-refractivity contribution in [3.8, 4) is 0 Å². The Labute approximate surface area is 267 Å². The first-order valence-electron chi connectivity index (χ1n) is 15.6. The molecule has 2 aromatic carbocycles. The summed E-state index contributed by atoms with van der Waals surface area (Å²) in [6, 6.07) is 14.1. The first kappa shape index (κ1) is 34.6. The monoisotopic (exact) mass is 637 g/mol. The maximum absolute atomic E-state index is 13.6. The lowest BCUT2D eigenvalue weighted by molar-refractivity contribution is -0.168. The molecule has 0 saturated heterocycles. The normalized spacial score (nSPS) is 17.7. The van der Waals surface area contributed by atoms with E-state index in [4.69, 9.17) is 34.2 Å². The van der Waals surface area contributed by atoms with E-state index in [0.717, 1.165) is 0 Å². The highest BCUT2D eigenvalue weighted by atomic mass is 16.7. The number of nitrogens with one attached hydrogen (secondary N) is 2. The first-order chi connectivity index (χ1) is 22.4. The third kappa shape index (κ3) is 9.63. The zero-order valence-corrected chi connectivity index (χ0v) is 26.1. The highest BCUT2D eigenvalue weighted by Crippen LogP contribution is 2.38. The number of anilines is 2. The van der Waals surface area contributed by atoms with E-state index in [2.05, 4.69) is 10.6 Å². The predicted octanol–water partition coefficient (Wildman–Crippen LogP) is 3.69. The lowest BCUT2D eigenvalue weighted by Gasteiger charge is -2.36. The van der Waals surface area contributed by atoms with Crippen LogP contribution in [0.15, 0.2) is 75.8 Å². The summed E-state index contributed by atoms with van der Waals surface area (Å²) in [7, 11) is 0. The summed E-state index contributed by atoms with van der Waals surface area (Å²) >= 11 is 0. The fourth-order valence-corrected chi connectivity index (χ4v) is 5.25. The Balaban J connectivity index is 1.43. The summed E-state index contributed by atoms with van der Waals surface area (Å²) < 4.78 is 28.9. The van der Waals surface area contributed by atoms with Gasteiger partial charge in [0.25, 0.3) is 5.91 Å². The third-order valence-electron chi connectivity index (χ3n) is 7.56. The number of allylic oxidation sites excluding steroid dienone is 1. The van der Waals surface area contributed by atoms with Crippen LogP contribution in [0.2, 0.25) is 0 Å². The molecule has 1 aliphatic heterocycles. The number of aliphatic hydroxyl groups excluding tert-OH is 1. The molecule has 3 unspecified atom stereocenters. The first-order valence-corrected chi connectivity index (χ1v) is 15.6. The molecule has 12 heteroatoms. The number of para-hydroxylation sites is 3. The maximum Gasteiger partial charge on any atom is 0.286 e. The Morgan fingerprint density at radius 3 is 2.54 bits per heavy atom. The molecule has 1 aliphatic rings. The van der Waals surface area contributed by atoms with Crippen molar-refractivity contribution in [3.05, 3.63) is 82.4 Å². The molecule has 4 rings (SSSR count). The van der Waals surface area contributed by atoms with Crippen LogP contribution in [0.1, 0.15) is 44.1 Å². The molecule has 1 aromatic heterocycles. The Morgan fingerprint density at radius 1 is 1.00 bits per heavy atom. The average Bonchev–Trinajstić information content (AvgIpc) is 3.06. The molecule has 3 aromatic rings. The number of hydrogen-bond acceptors (Lipinski definition) is 10. The molecular weight excluding hydrogens is 594 g/mol. The van der Waals surface area contributed by atoms with Gasteiger partial charge in [0, 0.05) is 43.6 Å². The molecule has 0 fully saturated rings. The zero-order valence-electron chi connectivity index (χ0n) is 26.1. The van der Waals surface area contributed by atoms with Crippen molar-refractivity contribution < 1.29 is 38.1 Å². The van der Waals surface area contributed by atoms with Gasteiger partial charge in [-0.1, -0.05) is 24.3 Å². The molecule has 0 bridgehead atoms. The summed E-state index contributed by atoms with van der Waals surface area (Å²) in [5.74, 6) is -1.49. The summed E-state index contributed by atoms with van der Waals surface area (Å²) in [5, 5.41) is 15.0. The molecule has 5 N–H and O–H groups in total. The van der Waals surface area contributed by atoms with Crippen LogP contribution in [0.3, 0.4) is 0 Å². The van der Waals surface area contributed by atoms with Gasteiger partial charge in [-0.2, -0.15) is 0 Å². The van der Waals surface area contributed by atoms with E-state index in [0.29, 0.717) is 80.1 Å². The van der Waals surface area contributed by atoms with Gasteiger partial charge in [-0.25, -0.2) is 0 Å². The number of nitrogen functional groups attached to an aromatic ring is 1. The fraction of sp³-hybridized carbons (Fsp3) is 0.441. The predicted molar refractivity (Wildman–Crippen MR) is 173 cm³/mol. The van der Waals surface area contributed by atoms with Crippen molar-refractivity contribution in [3.63, 3.8) is 0 Å². The second-order valence-corrected chi connectivity index (χ2v) is 10.8. The molecule has 0 radical (unpaired) electrons. The van der Waals surface area contributed by atoms with Crippen LogP contribution >= 0.6 is 0 Å². The molecule has 0 saturated carbocycles. The minimum Gasteiger partial charge on any atom is -0.464 e. The number of nitrogens with two attached hydrogens (primary N) is 1. The molecular formula is C34H43N3O9. The van der Waals surface area contributed by atoms with E-state index in [1.54, 1.807) is 54.6 Å². The number of carbonyl (C=O) groups is 2. The molecule has 2 heterocycles. The number of fused-ring (bicyclic) bond motifs is 1. The number of rotatable bonds is 18. The van der Waals surface area contributed by atoms with Gasteiger partial charge < -0.3 is 44.8 Å². The van der Waals surface area contributed by atoms with Crippen molar-refractivity contribution in [1.29, 1.82) is 0 Å². The van der Waals surface area contributed by atoms with Gasteiger partial charge in [0.15, 0.2) is 11.2 Å². The highest BCUT2D eigenvalue weighted by molar-refractivity contribution is 5.94. The lowest BCUT2D eigenvalue weighted by Crippen LogP contribution is -2.40. The highest BCUT2D eigenvalue weighted by Gasteiger charge is 2.39. The molecule has 248 valence electrons. The number of ether oxygens (including phenoxy) is 4. The molecule has 0 aliphatic carbocycles. The number of amides is 2. The lowest BCUT2D eigenvalue weighted by atomic mass is 9.81. The van der Waals surface area contributed by atoms with Crippen molar-refractivity contribution in [2.75, 3.05) is 57.2 Å². The van der Waals surface area contributed by atoms with E-state index in [9.17, 15) is 14.4 Å². The van der Waals surface area contributed by atoms with Crippen LogP contribution < -0.4 is 21.8 Å². The third-order valence-corrected chi connectivity index (χ3v) is 7.56. The minimum atomic E-state index is -0.824. The molecule has 2 amide bonds. The van der Waals surface area contributed by atoms with E-state index >= 15 is 0 Å². The summed E-state index contributed by atoms with van der Waals surface area (Å²) in [4.78, 5) is 39.2. The van der Waals surface area contributed by atoms with Crippen LogP contribution in [0.5, 0.6) is 0 Å². The van der Waals surface area contributed by atoms with Crippen molar-refractivity contribution in [2.45, 2.75) is 44.8 Å². The SMILES string of the molecule is CCOC1OC(C(=O)NCCCCC(=O)Nc2ccccc2N)=CC(c2coc3ccccc3c2=O)C1CCOCCOCCO. The van der Waals surface area contributed by atoms with Crippen LogP contribution in [0.25, 0.3) is 11.0 Å². The van der Waals surface area contributed by atoms with E-state index in [-0.39, 0.29) is 42.6 Å². The van der Waals surface area contributed by atoms with Gasteiger partial charge in [0.05, 0.1) is 49.5 Å². The van der Waals surface area contributed by atoms with E-state index in [1.165, 1.54) is 6.26 Å². The molecule has 0 spiro atoms. The van der Waals surface area contributed by atoms with Crippen LogP contribution in [-0.4, -0.2) is 69.4 Å². The maximum atomic E-state index is 13.6. The largest absolute Gasteiger partial charge is 0.464 e. The number of unbranched alkanes of at least 4 members (excludes halogenated alkanes) is 1. The second kappa shape index (κ2) is 18.1. The van der Waals surface area contributed by atoms with Crippen molar-refractivity contribution >= 4 is 34.2 Å². The quantitative estimate of drug-likeness (QED) is 0.119. The Kier molecular flexibility index (Phi) is 13.6. The summed E-state index contributed by atoms with van der Waals surface area (Å²) in [6.45, 7) is 3.65. The van der Waals surface area contributed by atoms with E-state index < -0.39 is 18.1 Å². The minimum absolute atomic E-state index is 0.0443. The Bertz CT molecular complexity index is 1520. The number of hydrogen-bond donors (Lipinski definition) is 4. The second-order valence-electron chi connectivity index (χ2n) is 10.8. The average molecular weight is 638 g/mol. The summed E-state index contributed by atoms with van der Waals surface area (Å²) in [6.07, 6.45) is 4.12. The van der Waals surface area contributed by atoms with Gasteiger partial charge in [0.1, 0.15) is 5.58 Å². The van der Waals surface area contributed by atoms with Crippen LogP contribution in [-0.2, 0) is 28.5 Å². The van der Waals surface area contributed by atoms with Crippen molar-refractivity contribution in [2.24, 2.45) is 5.92 Å². The molecule has 46 heavy (non-hydrogen) atoms.